The van der Waals surface area contributed by atoms with Gasteiger partial charge in [0.05, 0.1) is 13.2 Å². The first kappa shape index (κ1) is 21.4. The predicted octanol–water partition coefficient (Wildman–Crippen LogP) is 3.33. The van der Waals surface area contributed by atoms with Gasteiger partial charge in [-0.15, -0.1) is 0 Å². The van der Waals surface area contributed by atoms with Crippen molar-refractivity contribution in [2.75, 3.05) is 7.11 Å². The van der Waals surface area contributed by atoms with Crippen molar-refractivity contribution >= 4 is 11.8 Å². The summed E-state index contributed by atoms with van der Waals surface area (Å²) in [5.74, 6) is 0.0620. The maximum Gasteiger partial charge on any atom is 0.341 e. The summed E-state index contributed by atoms with van der Waals surface area (Å²) in [6.07, 6.45) is 8.60. The summed E-state index contributed by atoms with van der Waals surface area (Å²) in [4.78, 5) is 25.2. The Morgan fingerprint density at radius 1 is 1.35 bits per heavy atom. The topological polar surface area (TPSA) is 82.1 Å². The molecule has 1 aliphatic heterocycles. The fourth-order valence-electron chi connectivity index (χ4n) is 8.01. The summed E-state index contributed by atoms with van der Waals surface area (Å²) >= 11 is 0. The summed E-state index contributed by atoms with van der Waals surface area (Å²) in [5, 5.41) is 11.6. The highest BCUT2D eigenvalue weighted by Gasteiger charge is 2.76. The van der Waals surface area contributed by atoms with Crippen molar-refractivity contribution in [2.45, 2.75) is 83.4 Å². The molecule has 0 aromatic carbocycles. The number of fused-ring (bicyclic) bond motifs is 7. The van der Waals surface area contributed by atoms with E-state index in [-0.39, 0.29) is 41.0 Å². The predicted molar refractivity (Wildman–Crippen MR) is 113 cm³/mol. The van der Waals surface area contributed by atoms with Crippen molar-refractivity contribution in [3.8, 4) is 0 Å². The van der Waals surface area contributed by atoms with Crippen LogP contribution in [-0.2, 0) is 23.8 Å². The Hall–Kier alpha value is -1.50. The van der Waals surface area contributed by atoms with Crippen LogP contribution in [0.15, 0.2) is 23.8 Å². The Kier molecular flexibility index (Phi) is 4.82. The number of allylic oxidation sites excluding steroid dienone is 4. The van der Waals surface area contributed by atoms with Crippen molar-refractivity contribution in [3.05, 3.63) is 23.8 Å². The Balaban J connectivity index is 1.55. The second-order valence-electron chi connectivity index (χ2n) is 10.6. The number of aliphatic hydroxyl groups is 1. The van der Waals surface area contributed by atoms with Gasteiger partial charge in [-0.3, -0.25) is 4.79 Å². The molecule has 1 saturated heterocycles. The van der Waals surface area contributed by atoms with Gasteiger partial charge in [0.1, 0.15) is 6.10 Å². The van der Waals surface area contributed by atoms with Crippen LogP contribution in [0.3, 0.4) is 0 Å². The van der Waals surface area contributed by atoms with E-state index in [0.29, 0.717) is 6.42 Å². The zero-order chi connectivity index (χ0) is 22.2. The molecule has 0 bridgehead atoms. The van der Waals surface area contributed by atoms with E-state index in [2.05, 4.69) is 20.8 Å². The van der Waals surface area contributed by atoms with Gasteiger partial charge in [-0.25, -0.2) is 4.79 Å². The van der Waals surface area contributed by atoms with E-state index < -0.39 is 23.4 Å². The molecule has 170 valence electrons. The molecule has 9 atom stereocenters. The van der Waals surface area contributed by atoms with Crippen LogP contribution in [0, 0.1) is 28.6 Å². The highest BCUT2D eigenvalue weighted by atomic mass is 16.8. The van der Waals surface area contributed by atoms with Crippen LogP contribution in [0.5, 0.6) is 0 Å². The molecule has 0 radical (unpaired) electrons. The average Bonchev–Trinajstić information content (AvgIpc) is 3.20. The fraction of sp³-hybridized carbons (Fsp3) is 0.760. The Morgan fingerprint density at radius 3 is 2.84 bits per heavy atom. The summed E-state index contributed by atoms with van der Waals surface area (Å²) in [7, 11) is 1.41. The van der Waals surface area contributed by atoms with Crippen molar-refractivity contribution < 1.29 is 28.9 Å². The molecule has 4 aliphatic carbocycles. The number of carbonyl (C=O) groups excluding carboxylic acids is 2. The lowest BCUT2D eigenvalue weighted by Gasteiger charge is -2.59. The second kappa shape index (κ2) is 7.00. The quantitative estimate of drug-likeness (QED) is 0.692. The monoisotopic (exact) mass is 430 g/mol. The van der Waals surface area contributed by atoms with Gasteiger partial charge in [-0.1, -0.05) is 38.8 Å². The number of hydrogen-bond acceptors (Lipinski definition) is 6. The van der Waals surface area contributed by atoms with Gasteiger partial charge in [0.2, 0.25) is 0 Å². The zero-order valence-corrected chi connectivity index (χ0v) is 18.9. The lowest BCUT2D eigenvalue weighted by atomic mass is 9.46. The first-order chi connectivity index (χ1) is 14.7. The molecule has 5 aliphatic rings. The molecule has 5 rings (SSSR count). The van der Waals surface area contributed by atoms with Crippen molar-refractivity contribution in [1.29, 1.82) is 0 Å². The number of hydrogen-bond donors (Lipinski definition) is 1. The minimum Gasteiger partial charge on any atom is -0.467 e. The van der Waals surface area contributed by atoms with Crippen LogP contribution in [0.25, 0.3) is 0 Å². The van der Waals surface area contributed by atoms with Gasteiger partial charge in [0.15, 0.2) is 17.7 Å². The van der Waals surface area contributed by atoms with E-state index in [1.54, 1.807) is 12.2 Å². The van der Waals surface area contributed by atoms with Crippen LogP contribution in [0.2, 0.25) is 0 Å². The third kappa shape index (κ3) is 2.61. The third-order valence-corrected chi connectivity index (χ3v) is 9.30. The average molecular weight is 431 g/mol. The highest BCUT2D eigenvalue weighted by molar-refractivity contribution is 6.01. The fourth-order valence-corrected chi connectivity index (χ4v) is 8.01. The molecule has 6 heteroatoms. The largest absolute Gasteiger partial charge is 0.467 e. The minimum absolute atomic E-state index is 0.00915. The molecule has 0 aromatic heterocycles. The van der Waals surface area contributed by atoms with E-state index >= 15 is 0 Å². The smallest absolute Gasteiger partial charge is 0.341 e. The number of esters is 1. The van der Waals surface area contributed by atoms with Crippen molar-refractivity contribution in [2.24, 2.45) is 28.6 Å². The number of carbonyl (C=O) groups is 2. The highest BCUT2D eigenvalue weighted by Crippen LogP contribution is 2.69. The van der Waals surface area contributed by atoms with Crippen LogP contribution in [-0.4, -0.2) is 48.1 Å². The zero-order valence-electron chi connectivity index (χ0n) is 18.9. The van der Waals surface area contributed by atoms with Gasteiger partial charge in [0, 0.05) is 16.7 Å². The van der Waals surface area contributed by atoms with E-state index in [1.807, 2.05) is 6.08 Å². The lowest BCUT2D eigenvalue weighted by Crippen LogP contribution is -2.63. The number of methoxy groups -OCH3 is 1. The maximum atomic E-state index is 13.3. The molecule has 6 nitrogen and oxygen atoms in total. The van der Waals surface area contributed by atoms with Crippen LogP contribution < -0.4 is 0 Å². The summed E-state index contributed by atoms with van der Waals surface area (Å²) < 4.78 is 18.0. The van der Waals surface area contributed by atoms with Gasteiger partial charge in [-0.05, 0) is 56.1 Å². The molecule has 31 heavy (non-hydrogen) atoms. The Morgan fingerprint density at radius 2 is 2.13 bits per heavy atom. The van der Waals surface area contributed by atoms with Gasteiger partial charge >= 0.3 is 5.97 Å². The van der Waals surface area contributed by atoms with E-state index in [9.17, 15) is 14.7 Å². The summed E-state index contributed by atoms with van der Waals surface area (Å²) in [6, 6.07) is 0. The van der Waals surface area contributed by atoms with E-state index in [1.165, 1.54) is 7.11 Å². The Bertz CT molecular complexity index is 862. The molecule has 1 heterocycles. The molecule has 4 unspecified atom stereocenters. The first-order valence-electron chi connectivity index (χ1n) is 11.7. The normalized spacial score (nSPS) is 50.2. The SMILES string of the molecule is CCCC1O[C@@H]2C[C@H]3C4CCC5=CC(=O)C=CC5(C)[C@H]4[C@@H](O)CC3(C)[C@]2(C(=O)OC)O1. The summed E-state index contributed by atoms with van der Waals surface area (Å²) in [5.41, 5.74) is -0.951. The molecule has 1 N–H and O–H groups in total. The first-order valence-corrected chi connectivity index (χ1v) is 11.7. The number of rotatable bonds is 3. The molecule has 0 aromatic rings. The van der Waals surface area contributed by atoms with Gasteiger partial charge in [-0.2, -0.15) is 0 Å². The minimum atomic E-state index is -1.17. The molecule has 4 fully saturated rings. The number of ether oxygens (including phenoxy) is 3. The molecule has 0 amide bonds. The van der Waals surface area contributed by atoms with E-state index in [4.69, 9.17) is 14.2 Å². The molecular weight excluding hydrogens is 396 g/mol. The summed E-state index contributed by atoms with van der Waals surface area (Å²) in [6.45, 7) is 6.32. The van der Waals surface area contributed by atoms with E-state index in [0.717, 1.165) is 37.7 Å². The standard InChI is InChI=1S/C25H34O6/c1-5-6-20-30-19-12-17-16-8-7-14-11-15(26)9-10-23(14,2)21(16)18(27)13-24(17,3)25(19,31-20)22(28)29-4/h9-11,16-21,27H,5-8,12-13H2,1-4H3/t16?,17-,18-,19+,20?,21+,23?,24?,25-/m0/s1. The second-order valence-corrected chi connectivity index (χ2v) is 10.6. The maximum absolute atomic E-state index is 13.3. The number of aliphatic hydroxyl groups excluding tert-OH is 1. The number of ketones is 1. The van der Waals surface area contributed by atoms with Crippen LogP contribution >= 0.6 is 0 Å². The van der Waals surface area contributed by atoms with Gasteiger partial charge < -0.3 is 19.3 Å². The third-order valence-electron chi connectivity index (χ3n) is 9.30. The molecule has 0 spiro atoms. The van der Waals surface area contributed by atoms with Crippen LogP contribution in [0.1, 0.15) is 59.3 Å². The van der Waals surface area contributed by atoms with Crippen molar-refractivity contribution in [1.82, 2.24) is 0 Å². The van der Waals surface area contributed by atoms with Gasteiger partial charge in [0.25, 0.3) is 0 Å². The molecular formula is C25H34O6. The Labute approximate surface area is 184 Å². The molecule has 3 saturated carbocycles. The van der Waals surface area contributed by atoms with Crippen molar-refractivity contribution in [3.63, 3.8) is 0 Å². The van der Waals surface area contributed by atoms with Crippen LogP contribution in [0.4, 0.5) is 0 Å². The lowest BCUT2D eigenvalue weighted by molar-refractivity contribution is -0.213.